The average Bonchev–Trinajstić information content (AvgIpc) is 3.12. The Bertz CT molecular complexity index is 1060. The number of ether oxygens (including phenoxy) is 1. The van der Waals surface area contributed by atoms with Crippen LogP contribution in [-0.2, 0) is 17.6 Å². The van der Waals surface area contributed by atoms with Gasteiger partial charge in [0.1, 0.15) is 11.3 Å². The first-order valence-electron chi connectivity index (χ1n) is 10.6. The lowest BCUT2D eigenvalue weighted by molar-refractivity contribution is 0.0636. The number of H-pyrrole nitrogens is 1. The van der Waals surface area contributed by atoms with Gasteiger partial charge in [0.15, 0.2) is 5.82 Å². The highest BCUT2D eigenvalue weighted by atomic mass is 16.6. The van der Waals surface area contributed by atoms with E-state index in [9.17, 15) is 4.79 Å². The SMILES string of the molecule is CC#C/C(=C\N=C(C)C)Nc1cc(CCc2cc(NC(=O)OC(C)(C)C)ccc2C)[nH]n1. The maximum atomic E-state index is 12.0. The molecule has 7 heteroatoms. The van der Waals surface area contributed by atoms with Crippen molar-refractivity contribution >= 4 is 23.3 Å². The second-order valence-corrected chi connectivity index (χ2v) is 8.67. The van der Waals surface area contributed by atoms with Crippen molar-refractivity contribution in [2.75, 3.05) is 10.6 Å². The molecule has 0 spiro atoms. The highest BCUT2D eigenvalue weighted by Gasteiger charge is 2.16. The fourth-order valence-electron chi connectivity index (χ4n) is 2.83. The number of carbonyl (C=O) groups excluding carboxylic acids is 1. The van der Waals surface area contributed by atoms with Crippen LogP contribution in [0.3, 0.4) is 0 Å². The number of rotatable bonds is 7. The van der Waals surface area contributed by atoms with E-state index in [1.54, 1.807) is 13.1 Å². The lowest BCUT2D eigenvalue weighted by Crippen LogP contribution is -2.27. The summed E-state index contributed by atoms with van der Waals surface area (Å²) in [5, 5.41) is 13.4. The number of aromatic nitrogens is 2. The van der Waals surface area contributed by atoms with Crippen molar-refractivity contribution in [2.24, 2.45) is 4.99 Å². The number of anilines is 2. The van der Waals surface area contributed by atoms with Crippen LogP contribution in [0.4, 0.5) is 16.3 Å². The van der Waals surface area contributed by atoms with Gasteiger partial charge in [-0.3, -0.25) is 15.4 Å². The number of aromatic amines is 1. The lowest BCUT2D eigenvalue weighted by atomic mass is 10.0. The van der Waals surface area contributed by atoms with Gasteiger partial charge in [-0.2, -0.15) is 5.10 Å². The van der Waals surface area contributed by atoms with E-state index >= 15 is 0 Å². The van der Waals surface area contributed by atoms with Gasteiger partial charge >= 0.3 is 6.09 Å². The van der Waals surface area contributed by atoms with Gasteiger partial charge in [-0.1, -0.05) is 12.0 Å². The van der Waals surface area contributed by atoms with Gasteiger partial charge in [0.05, 0.1) is 6.20 Å². The second-order valence-electron chi connectivity index (χ2n) is 8.67. The van der Waals surface area contributed by atoms with Crippen LogP contribution in [0.5, 0.6) is 0 Å². The Hall–Kier alpha value is -3.53. The van der Waals surface area contributed by atoms with E-state index in [0.29, 0.717) is 17.2 Å². The lowest BCUT2D eigenvalue weighted by Gasteiger charge is -2.20. The monoisotopic (exact) mass is 435 g/mol. The molecule has 3 N–H and O–H groups in total. The molecule has 0 bridgehead atoms. The van der Waals surface area contributed by atoms with Crippen LogP contribution >= 0.6 is 0 Å². The summed E-state index contributed by atoms with van der Waals surface area (Å²) in [5.41, 5.74) is 5.11. The molecule has 1 aromatic heterocycles. The minimum absolute atomic E-state index is 0.460. The van der Waals surface area contributed by atoms with Gasteiger partial charge in [-0.05, 0) is 90.5 Å². The summed E-state index contributed by atoms with van der Waals surface area (Å²) in [4.78, 5) is 16.3. The molecular weight excluding hydrogens is 402 g/mol. The predicted molar refractivity (Wildman–Crippen MR) is 131 cm³/mol. The summed E-state index contributed by atoms with van der Waals surface area (Å²) in [7, 11) is 0. The first-order chi connectivity index (χ1) is 15.1. The van der Waals surface area contributed by atoms with Gasteiger partial charge in [-0.15, -0.1) is 0 Å². The molecule has 7 nitrogen and oxygen atoms in total. The van der Waals surface area contributed by atoms with Crippen LogP contribution in [0, 0.1) is 18.8 Å². The summed E-state index contributed by atoms with van der Waals surface area (Å²) in [6.07, 6.45) is 2.81. The minimum atomic E-state index is -0.538. The molecule has 2 rings (SSSR count). The van der Waals surface area contributed by atoms with Gasteiger partial charge in [-0.25, -0.2) is 4.79 Å². The van der Waals surface area contributed by atoms with E-state index in [2.05, 4.69) is 44.6 Å². The van der Waals surface area contributed by atoms with Gasteiger partial charge in [0.25, 0.3) is 0 Å². The number of hydrogen-bond acceptors (Lipinski definition) is 5. The number of aryl methyl sites for hydroxylation is 3. The molecule has 2 aromatic rings. The number of hydrogen-bond donors (Lipinski definition) is 3. The topological polar surface area (TPSA) is 91.4 Å². The van der Waals surface area contributed by atoms with Crippen molar-refractivity contribution in [3.63, 3.8) is 0 Å². The third kappa shape index (κ3) is 8.68. The molecule has 0 aliphatic carbocycles. The summed E-state index contributed by atoms with van der Waals surface area (Å²) in [5.74, 6) is 6.56. The van der Waals surface area contributed by atoms with Crippen molar-refractivity contribution in [1.29, 1.82) is 0 Å². The summed E-state index contributed by atoms with van der Waals surface area (Å²) >= 11 is 0. The third-order valence-corrected chi connectivity index (χ3v) is 4.26. The number of amides is 1. The largest absolute Gasteiger partial charge is 0.444 e. The molecule has 0 aliphatic heterocycles. The molecule has 0 radical (unpaired) electrons. The highest BCUT2D eigenvalue weighted by molar-refractivity contribution is 5.85. The van der Waals surface area contributed by atoms with E-state index in [0.717, 1.165) is 35.4 Å². The normalized spacial score (nSPS) is 11.3. The smallest absolute Gasteiger partial charge is 0.412 e. The third-order valence-electron chi connectivity index (χ3n) is 4.26. The van der Waals surface area contributed by atoms with Gasteiger partial charge in [0, 0.05) is 23.2 Å². The van der Waals surface area contributed by atoms with Crippen molar-refractivity contribution in [3.8, 4) is 11.8 Å². The zero-order chi connectivity index (χ0) is 23.7. The average molecular weight is 436 g/mol. The zero-order valence-electron chi connectivity index (χ0n) is 20.0. The molecule has 0 aliphatic rings. The molecule has 0 saturated heterocycles. The molecule has 1 aromatic carbocycles. The fourth-order valence-corrected chi connectivity index (χ4v) is 2.83. The second kappa shape index (κ2) is 11.2. The number of carbonyl (C=O) groups is 1. The molecular formula is C25H33N5O2. The van der Waals surface area contributed by atoms with Crippen LogP contribution < -0.4 is 10.6 Å². The molecule has 1 amide bonds. The standard InChI is InChI=1S/C25H33N5O2/c1-8-9-22(16-26-17(2)3)27-23-15-21(29-30-23)13-11-19-14-20(12-10-18(19)4)28-24(31)32-25(5,6)7/h10,12,14-16H,11,13H2,1-7H3,(H,28,31)(H2,27,29,30)/b22-16+. The molecule has 1 heterocycles. The molecule has 170 valence electrons. The number of aliphatic imine (C=N–C) groups is 1. The fraction of sp³-hybridized carbons (Fsp3) is 0.400. The first kappa shape index (κ1) is 24.7. The summed E-state index contributed by atoms with van der Waals surface area (Å²) in [6.45, 7) is 13.2. The van der Waals surface area contributed by atoms with Crippen molar-refractivity contribution in [3.05, 3.63) is 53.0 Å². The Morgan fingerprint density at radius 3 is 2.62 bits per heavy atom. The maximum absolute atomic E-state index is 12.0. The van der Waals surface area contributed by atoms with Crippen molar-refractivity contribution in [2.45, 2.75) is 66.9 Å². The molecule has 32 heavy (non-hydrogen) atoms. The Labute approximate surface area is 190 Å². The quantitative estimate of drug-likeness (QED) is 0.389. The number of nitrogens with zero attached hydrogens (tertiary/aromatic N) is 2. The van der Waals surface area contributed by atoms with E-state index in [-0.39, 0.29) is 0 Å². The number of benzene rings is 1. The van der Waals surface area contributed by atoms with E-state index in [1.807, 2.05) is 58.9 Å². The Morgan fingerprint density at radius 1 is 1.22 bits per heavy atom. The number of nitrogens with one attached hydrogen (secondary N) is 3. The van der Waals surface area contributed by atoms with Gasteiger partial charge < -0.3 is 10.1 Å². The summed E-state index contributed by atoms with van der Waals surface area (Å²) < 4.78 is 5.33. The van der Waals surface area contributed by atoms with E-state index in [1.165, 1.54) is 0 Å². The zero-order valence-corrected chi connectivity index (χ0v) is 20.0. The van der Waals surface area contributed by atoms with Crippen LogP contribution in [0.2, 0.25) is 0 Å². The Morgan fingerprint density at radius 2 is 1.97 bits per heavy atom. The molecule has 0 fully saturated rings. The molecule has 0 atom stereocenters. The first-order valence-corrected chi connectivity index (χ1v) is 10.6. The summed E-state index contributed by atoms with van der Waals surface area (Å²) in [6, 6.07) is 7.83. The van der Waals surface area contributed by atoms with Crippen LogP contribution in [-0.4, -0.2) is 27.6 Å². The number of allylic oxidation sites excluding steroid dienone is 1. The van der Waals surface area contributed by atoms with E-state index < -0.39 is 11.7 Å². The maximum Gasteiger partial charge on any atom is 0.412 e. The predicted octanol–water partition coefficient (Wildman–Crippen LogP) is 5.61. The van der Waals surface area contributed by atoms with Gasteiger partial charge in [0.2, 0.25) is 0 Å². The highest BCUT2D eigenvalue weighted by Crippen LogP contribution is 2.19. The van der Waals surface area contributed by atoms with Crippen LogP contribution in [0.15, 0.2) is 41.2 Å². The Balaban J connectivity index is 2.03. The van der Waals surface area contributed by atoms with Crippen LogP contribution in [0.1, 0.15) is 58.4 Å². The van der Waals surface area contributed by atoms with E-state index in [4.69, 9.17) is 4.74 Å². The molecule has 0 unspecified atom stereocenters. The van der Waals surface area contributed by atoms with Crippen LogP contribution in [0.25, 0.3) is 0 Å². The van der Waals surface area contributed by atoms with Crippen molar-refractivity contribution < 1.29 is 9.53 Å². The Kier molecular flexibility index (Phi) is 8.65. The van der Waals surface area contributed by atoms with Crippen molar-refractivity contribution in [1.82, 2.24) is 10.2 Å². The minimum Gasteiger partial charge on any atom is -0.444 e. The molecule has 0 saturated carbocycles.